The van der Waals surface area contributed by atoms with Gasteiger partial charge in [-0.3, -0.25) is 0 Å². The Labute approximate surface area is 73.4 Å². The Morgan fingerprint density at radius 2 is 2.17 bits per heavy atom. The fraction of sp³-hybridized carbons (Fsp3) is 0.333. The molecule has 66 valence electrons. The summed E-state index contributed by atoms with van der Waals surface area (Å²) < 4.78 is 1.59. The number of aromatic nitrogens is 3. The van der Waals surface area contributed by atoms with Crippen LogP contribution >= 0.6 is 0 Å². The molecule has 0 aliphatic rings. The summed E-state index contributed by atoms with van der Waals surface area (Å²) >= 11 is 0. The smallest absolute Gasteiger partial charge is 0.157 e. The lowest BCUT2D eigenvalue weighted by Gasteiger charge is -1.95. The van der Waals surface area contributed by atoms with Gasteiger partial charge in [-0.2, -0.15) is 5.10 Å². The molecule has 0 aliphatic carbocycles. The first-order valence-electron chi connectivity index (χ1n) is 3.93. The molecular weight excluding hydrogens is 150 g/mol. The second-order valence-corrected chi connectivity index (χ2v) is 1.99. The van der Waals surface area contributed by atoms with E-state index in [1.165, 1.54) is 6.33 Å². The van der Waals surface area contributed by atoms with E-state index < -0.39 is 0 Å². The fourth-order valence-electron chi connectivity index (χ4n) is 0.689. The molecule has 0 saturated carbocycles. The van der Waals surface area contributed by atoms with Crippen molar-refractivity contribution in [2.75, 3.05) is 0 Å². The van der Waals surface area contributed by atoms with Gasteiger partial charge in [0.2, 0.25) is 0 Å². The topological polar surface area (TPSA) is 30.7 Å². The third-order valence-electron chi connectivity index (χ3n) is 1.13. The van der Waals surface area contributed by atoms with E-state index in [2.05, 4.69) is 23.2 Å². The first-order chi connectivity index (χ1) is 5.75. The fourth-order valence-corrected chi connectivity index (χ4v) is 0.689. The van der Waals surface area contributed by atoms with Crippen molar-refractivity contribution in [1.29, 1.82) is 0 Å². The van der Waals surface area contributed by atoms with Crippen LogP contribution in [0.5, 0.6) is 0 Å². The van der Waals surface area contributed by atoms with Crippen molar-refractivity contribution in [2.24, 2.45) is 0 Å². The van der Waals surface area contributed by atoms with Crippen LogP contribution in [0, 0.1) is 0 Å². The third kappa shape index (κ3) is 2.34. The molecule has 0 bridgehead atoms. The molecule has 12 heavy (non-hydrogen) atoms. The van der Waals surface area contributed by atoms with E-state index in [1.54, 1.807) is 10.9 Å². The lowest BCUT2D eigenvalue weighted by atomic mass is 10.3. The first kappa shape index (κ1) is 10.6. The summed E-state index contributed by atoms with van der Waals surface area (Å²) in [5, 5.41) is 3.88. The summed E-state index contributed by atoms with van der Waals surface area (Å²) in [6, 6.07) is 0. The molecule has 3 nitrogen and oxygen atoms in total. The minimum absolute atomic E-state index is 0.759. The zero-order valence-electron chi connectivity index (χ0n) is 7.91. The lowest BCUT2D eigenvalue weighted by Crippen LogP contribution is -1.93. The van der Waals surface area contributed by atoms with Crippen LogP contribution in [0.1, 0.15) is 26.6 Å². The number of rotatable bonds is 2. The summed E-state index contributed by atoms with van der Waals surface area (Å²) in [5.74, 6) is 0.759. The van der Waals surface area contributed by atoms with Gasteiger partial charge in [-0.05, 0) is 12.5 Å². The standard InChI is InChI=1S/C7H9N3.C2H6/c1-4-10-7(6(2)3)8-5-9-10;1-2/h4-5H,1-2H2,3H3;1-2H3. The van der Waals surface area contributed by atoms with E-state index >= 15 is 0 Å². The monoisotopic (exact) mass is 165 g/mol. The third-order valence-corrected chi connectivity index (χ3v) is 1.13. The van der Waals surface area contributed by atoms with Gasteiger partial charge >= 0.3 is 0 Å². The number of hydrogen-bond donors (Lipinski definition) is 0. The summed E-state index contributed by atoms with van der Waals surface area (Å²) in [4.78, 5) is 3.97. The van der Waals surface area contributed by atoms with Gasteiger partial charge in [0, 0.05) is 6.20 Å². The zero-order chi connectivity index (χ0) is 9.56. The van der Waals surface area contributed by atoms with Crippen molar-refractivity contribution < 1.29 is 0 Å². The second-order valence-electron chi connectivity index (χ2n) is 1.99. The maximum atomic E-state index is 3.97. The lowest BCUT2D eigenvalue weighted by molar-refractivity contribution is 0.918. The van der Waals surface area contributed by atoms with Gasteiger partial charge in [-0.25, -0.2) is 9.67 Å². The molecular formula is C9H15N3. The molecule has 1 aromatic heterocycles. The maximum Gasteiger partial charge on any atom is 0.157 e. The predicted octanol–water partition coefficient (Wildman–Crippen LogP) is 2.44. The number of allylic oxidation sites excluding steroid dienone is 1. The van der Waals surface area contributed by atoms with Crippen LogP contribution < -0.4 is 0 Å². The van der Waals surface area contributed by atoms with Gasteiger partial charge < -0.3 is 0 Å². The molecule has 0 spiro atoms. The van der Waals surface area contributed by atoms with Crippen LogP contribution in [0.2, 0.25) is 0 Å². The van der Waals surface area contributed by atoms with Gasteiger partial charge in [-0.15, -0.1) is 0 Å². The van der Waals surface area contributed by atoms with Gasteiger partial charge in [-0.1, -0.05) is 27.0 Å². The van der Waals surface area contributed by atoms with Crippen LogP contribution in [-0.4, -0.2) is 14.8 Å². The molecule has 3 heteroatoms. The Morgan fingerprint density at radius 1 is 1.58 bits per heavy atom. The molecule has 1 aromatic rings. The molecule has 0 radical (unpaired) electrons. The van der Waals surface area contributed by atoms with Crippen molar-refractivity contribution >= 4 is 11.8 Å². The van der Waals surface area contributed by atoms with Gasteiger partial charge in [0.25, 0.3) is 0 Å². The van der Waals surface area contributed by atoms with Crippen LogP contribution in [0.4, 0.5) is 0 Å². The molecule has 0 unspecified atom stereocenters. The first-order valence-corrected chi connectivity index (χ1v) is 3.93. The normalized spacial score (nSPS) is 8.25. The van der Waals surface area contributed by atoms with Crippen LogP contribution in [0.25, 0.3) is 11.8 Å². The predicted molar refractivity (Wildman–Crippen MR) is 52.5 cm³/mol. The summed E-state index contributed by atoms with van der Waals surface area (Å²) in [5.41, 5.74) is 0.886. The Morgan fingerprint density at radius 3 is 2.50 bits per heavy atom. The van der Waals surface area contributed by atoms with E-state index in [4.69, 9.17) is 0 Å². The van der Waals surface area contributed by atoms with E-state index in [1.807, 2.05) is 20.8 Å². The molecule has 0 fully saturated rings. The van der Waals surface area contributed by atoms with Crippen molar-refractivity contribution in [3.05, 3.63) is 25.3 Å². The SMILES string of the molecule is C=Cn1ncnc1C(=C)C.CC. The van der Waals surface area contributed by atoms with Crippen LogP contribution in [0.3, 0.4) is 0 Å². The van der Waals surface area contributed by atoms with Crippen molar-refractivity contribution in [2.45, 2.75) is 20.8 Å². The Bertz CT molecular complexity index is 260. The van der Waals surface area contributed by atoms with Crippen LogP contribution in [-0.2, 0) is 0 Å². The van der Waals surface area contributed by atoms with Crippen molar-refractivity contribution in [3.63, 3.8) is 0 Å². The summed E-state index contributed by atoms with van der Waals surface area (Å²) in [6.07, 6.45) is 3.07. The Balaban J connectivity index is 0.000000561. The van der Waals surface area contributed by atoms with E-state index in [9.17, 15) is 0 Å². The molecule has 0 amide bonds. The van der Waals surface area contributed by atoms with Crippen LogP contribution in [0.15, 0.2) is 19.5 Å². The van der Waals surface area contributed by atoms with Crippen molar-refractivity contribution in [1.82, 2.24) is 14.8 Å². The molecule has 0 N–H and O–H groups in total. The number of nitrogens with zero attached hydrogens (tertiary/aromatic N) is 3. The summed E-state index contributed by atoms with van der Waals surface area (Å²) in [6.45, 7) is 13.2. The highest BCUT2D eigenvalue weighted by atomic mass is 15.3. The molecule has 1 rings (SSSR count). The Hall–Kier alpha value is -1.38. The van der Waals surface area contributed by atoms with Gasteiger partial charge in [0.05, 0.1) is 0 Å². The average molecular weight is 165 g/mol. The van der Waals surface area contributed by atoms with E-state index in [0.717, 1.165) is 11.4 Å². The molecule has 0 aromatic carbocycles. The highest BCUT2D eigenvalue weighted by Crippen LogP contribution is 2.05. The second kappa shape index (κ2) is 5.29. The average Bonchev–Trinajstić information content (AvgIpc) is 2.55. The minimum atomic E-state index is 0.759. The van der Waals surface area contributed by atoms with Gasteiger partial charge in [0.1, 0.15) is 6.33 Å². The quantitative estimate of drug-likeness (QED) is 0.673. The molecule has 0 saturated heterocycles. The zero-order valence-corrected chi connectivity index (χ0v) is 7.91. The van der Waals surface area contributed by atoms with E-state index in [0.29, 0.717) is 0 Å². The van der Waals surface area contributed by atoms with E-state index in [-0.39, 0.29) is 0 Å². The van der Waals surface area contributed by atoms with Gasteiger partial charge in [0.15, 0.2) is 5.82 Å². The molecule has 1 heterocycles. The molecule has 0 atom stereocenters. The van der Waals surface area contributed by atoms with Crippen molar-refractivity contribution in [3.8, 4) is 0 Å². The summed E-state index contributed by atoms with van der Waals surface area (Å²) in [7, 11) is 0. The number of hydrogen-bond acceptors (Lipinski definition) is 2. The molecule has 0 aliphatic heterocycles. The Kier molecular flexibility index (Phi) is 4.69. The highest BCUT2D eigenvalue weighted by Gasteiger charge is 1.99. The largest absolute Gasteiger partial charge is 0.222 e. The highest BCUT2D eigenvalue weighted by molar-refractivity contribution is 5.55. The maximum absolute atomic E-state index is 3.97. The minimum Gasteiger partial charge on any atom is -0.222 e.